The third kappa shape index (κ3) is 2.85. The van der Waals surface area contributed by atoms with Crippen molar-refractivity contribution in [2.45, 2.75) is 52.0 Å². The Hall–Kier alpha value is -1.02. The van der Waals surface area contributed by atoms with E-state index in [0.29, 0.717) is 0 Å². The lowest BCUT2D eigenvalue weighted by atomic mass is 9.72. The number of rotatable bonds is 4. The van der Waals surface area contributed by atoms with Gasteiger partial charge in [0.25, 0.3) is 0 Å². The first kappa shape index (κ1) is 15.4. The maximum Gasteiger partial charge on any atom is 0.0521 e. The molecule has 1 aromatic rings. The summed E-state index contributed by atoms with van der Waals surface area (Å²) in [5.41, 5.74) is 9.03. The van der Waals surface area contributed by atoms with Crippen LogP contribution in [0.5, 0.6) is 0 Å². The first-order valence-corrected chi connectivity index (χ1v) is 8.00. The maximum absolute atomic E-state index is 6.21. The van der Waals surface area contributed by atoms with Crippen LogP contribution < -0.4 is 10.6 Å². The third-order valence-electron chi connectivity index (χ3n) is 5.47. The Morgan fingerprint density at radius 1 is 1.25 bits per heavy atom. The average Bonchev–Trinajstić information content (AvgIpc) is 2.47. The molecule has 2 heteroatoms. The lowest BCUT2D eigenvalue weighted by Crippen LogP contribution is -2.55. The summed E-state index contributed by atoms with van der Waals surface area (Å²) in [4.78, 5) is 2.46. The fourth-order valence-corrected chi connectivity index (χ4v) is 3.72. The van der Waals surface area contributed by atoms with Crippen LogP contribution in [0, 0.1) is 18.8 Å². The molecule has 112 valence electrons. The standard InChI is InChI=1S/C18H30N2/c1-14(2)16-9-11-18(13-19,12-10-16)20(4)17-8-6-5-7-15(17)3/h5-8,14,16H,9-13,19H2,1-4H3. The molecule has 20 heavy (non-hydrogen) atoms. The molecule has 1 fully saturated rings. The highest BCUT2D eigenvalue weighted by molar-refractivity contribution is 5.54. The lowest BCUT2D eigenvalue weighted by molar-refractivity contribution is 0.194. The van der Waals surface area contributed by atoms with Crippen molar-refractivity contribution in [1.29, 1.82) is 0 Å². The minimum Gasteiger partial charge on any atom is -0.367 e. The van der Waals surface area contributed by atoms with Gasteiger partial charge in [-0.15, -0.1) is 0 Å². The van der Waals surface area contributed by atoms with Crippen LogP contribution >= 0.6 is 0 Å². The summed E-state index contributed by atoms with van der Waals surface area (Å²) < 4.78 is 0. The van der Waals surface area contributed by atoms with Crippen LogP contribution in [0.25, 0.3) is 0 Å². The second-order valence-electron chi connectivity index (χ2n) is 6.86. The van der Waals surface area contributed by atoms with Gasteiger partial charge in [-0.3, -0.25) is 0 Å². The minimum atomic E-state index is 0.150. The number of likely N-dealkylation sites (N-methyl/N-ethyl adjacent to an activating group) is 1. The van der Waals surface area contributed by atoms with Crippen molar-refractivity contribution < 1.29 is 0 Å². The molecule has 2 nitrogen and oxygen atoms in total. The molecule has 0 aliphatic heterocycles. The molecule has 2 N–H and O–H groups in total. The number of anilines is 1. The molecule has 1 saturated carbocycles. The van der Waals surface area contributed by atoms with Crippen molar-refractivity contribution in [3.8, 4) is 0 Å². The quantitative estimate of drug-likeness (QED) is 0.900. The van der Waals surface area contributed by atoms with Gasteiger partial charge >= 0.3 is 0 Å². The Morgan fingerprint density at radius 2 is 1.85 bits per heavy atom. The van der Waals surface area contributed by atoms with Gasteiger partial charge in [0.05, 0.1) is 5.54 Å². The predicted octanol–water partition coefficient (Wildman–Crippen LogP) is 3.97. The normalized spacial score (nSPS) is 26.8. The van der Waals surface area contributed by atoms with E-state index < -0.39 is 0 Å². The molecule has 0 saturated heterocycles. The number of hydrogen-bond acceptors (Lipinski definition) is 2. The van der Waals surface area contributed by atoms with Crippen LogP contribution in [0.4, 0.5) is 5.69 Å². The Kier molecular flexibility index (Phi) is 4.74. The number of benzene rings is 1. The Bertz CT molecular complexity index is 431. The van der Waals surface area contributed by atoms with E-state index in [1.165, 1.54) is 36.9 Å². The van der Waals surface area contributed by atoms with E-state index in [1.807, 2.05) is 0 Å². The first-order chi connectivity index (χ1) is 9.50. The molecule has 0 atom stereocenters. The van der Waals surface area contributed by atoms with Crippen molar-refractivity contribution in [1.82, 2.24) is 0 Å². The lowest BCUT2D eigenvalue weighted by Gasteiger charge is -2.48. The Balaban J connectivity index is 2.18. The van der Waals surface area contributed by atoms with Crippen molar-refractivity contribution in [2.75, 3.05) is 18.5 Å². The first-order valence-electron chi connectivity index (χ1n) is 8.00. The molecule has 1 aliphatic rings. The second kappa shape index (κ2) is 6.17. The highest BCUT2D eigenvalue weighted by atomic mass is 15.2. The maximum atomic E-state index is 6.21. The zero-order chi connectivity index (χ0) is 14.8. The molecule has 0 bridgehead atoms. The van der Waals surface area contributed by atoms with E-state index in [-0.39, 0.29) is 5.54 Å². The van der Waals surface area contributed by atoms with Crippen LogP contribution in [0.15, 0.2) is 24.3 Å². The van der Waals surface area contributed by atoms with Gasteiger partial charge in [-0.25, -0.2) is 0 Å². The highest BCUT2D eigenvalue weighted by Gasteiger charge is 2.38. The van der Waals surface area contributed by atoms with Gasteiger partial charge < -0.3 is 10.6 Å². The summed E-state index contributed by atoms with van der Waals surface area (Å²) in [7, 11) is 2.23. The van der Waals surface area contributed by atoms with E-state index in [1.54, 1.807) is 0 Å². The number of aryl methyl sites for hydroxylation is 1. The molecule has 0 spiro atoms. The van der Waals surface area contributed by atoms with Gasteiger partial charge in [-0.05, 0) is 56.1 Å². The Labute approximate surface area is 124 Å². The fourth-order valence-electron chi connectivity index (χ4n) is 3.72. The number of para-hydroxylation sites is 1. The number of nitrogens with two attached hydrogens (primary N) is 1. The van der Waals surface area contributed by atoms with E-state index in [9.17, 15) is 0 Å². The van der Waals surface area contributed by atoms with E-state index in [4.69, 9.17) is 5.73 Å². The molecule has 2 rings (SSSR count). The molecule has 1 aromatic carbocycles. The molecular weight excluding hydrogens is 244 g/mol. The largest absolute Gasteiger partial charge is 0.367 e. The summed E-state index contributed by atoms with van der Waals surface area (Å²) in [6, 6.07) is 8.65. The highest BCUT2D eigenvalue weighted by Crippen LogP contribution is 2.40. The van der Waals surface area contributed by atoms with Gasteiger partial charge in [-0.2, -0.15) is 0 Å². The van der Waals surface area contributed by atoms with E-state index >= 15 is 0 Å². The summed E-state index contributed by atoms with van der Waals surface area (Å²) in [6.45, 7) is 7.65. The monoisotopic (exact) mass is 274 g/mol. The summed E-state index contributed by atoms with van der Waals surface area (Å²) in [6.07, 6.45) is 5.06. The average molecular weight is 274 g/mol. The van der Waals surface area contributed by atoms with Crippen LogP contribution in [-0.4, -0.2) is 19.1 Å². The smallest absolute Gasteiger partial charge is 0.0521 e. The van der Waals surface area contributed by atoms with E-state index in [2.05, 4.69) is 57.0 Å². The minimum absolute atomic E-state index is 0.150. The van der Waals surface area contributed by atoms with Gasteiger partial charge in [-0.1, -0.05) is 32.0 Å². The molecule has 0 amide bonds. The number of hydrogen-bond donors (Lipinski definition) is 1. The SMILES string of the molecule is Cc1ccccc1N(C)C1(CN)CCC(C(C)C)CC1. The predicted molar refractivity (Wildman–Crippen MR) is 88.2 cm³/mol. The molecular formula is C18H30N2. The second-order valence-corrected chi connectivity index (χ2v) is 6.86. The van der Waals surface area contributed by atoms with Crippen LogP contribution in [0.3, 0.4) is 0 Å². The number of nitrogens with zero attached hydrogens (tertiary/aromatic N) is 1. The van der Waals surface area contributed by atoms with Gasteiger partial charge in [0.2, 0.25) is 0 Å². The zero-order valence-corrected chi connectivity index (χ0v) is 13.5. The Morgan fingerprint density at radius 3 is 2.35 bits per heavy atom. The van der Waals surface area contributed by atoms with E-state index in [0.717, 1.165) is 18.4 Å². The molecule has 0 unspecified atom stereocenters. The van der Waals surface area contributed by atoms with Gasteiger partial charge in [0.15, 0.2) is 0 Å². The van der Waals surface area contributed by atoms with Crippen molar-refractivity contribution in [3.05, 3.63) is 29.8 Å². The van der Waals surface area contributed by atoms with Crippen LogP contribution in [0.1, 0.15) is 45.1 Å². The molecule has 1 aliphatic carbocycles. The van der Waals surface area contributed by atoms with Crippen LogP contribution in [-0.2, 0) is 0 Å². The van der Waals surface area contributed by atoms with Crippen molar-refractivity contribution in [2.24, 2.45) is 17.6 Å². The van der Waals surface area contributed by atoms with Gasteiger partial charge in [0, 0.05) is 19.3 Å². The van der Waals surface area contributed by atoms with Crippen LogP contribution in [0.2, 0.25) is 0 Å². The molecule has 0 aromatic heterocycles. The topological polar surface area (TPSA) is 29.3 Å². The van der Waals surface area contributed by atoms with Crippen molar-refractivity contribution in [3.63, 3.8) is 0 Å². The molecule has 0 heterocycles. The summed E-state index contributed by atoms with van der Waals surface area (Å²) in [5.74, 6) is 1.68. The summed E-state index contributed by atoms with van der Waals surface area (Å²) >= 11 is 0. The molecule has 0 radical (unpaired) electrons. The summed E-state index contributed by atoms with van der Waals surface area (Å²) in [5, 5.41) is 0. The fraction of sp³-hybridized carbons (Fsp3) is 0.667. The third-order valence-corrected chi connectivity index (χ3v) is 5.47. The van der Waals surface area contributed by atoms with Gasteiger partial charge in [0.1, 0.15) is 0 Å². The zero-order valence-electron chi connectivity index (χ0n) is 13.5. The van der Waals surface area contributed by atoms with Crippen molar-refractivity contribution >= 4 is 5.69 Å².